The predicted octanol–water partition coefficient (Wildman–Crippen LogP) is 4.11. The van der Waals surface area contributed by atoms with Crippen molar-refractivity contribution in [3.05, 3.63) is 59.7 Å². The standard InChI is InChI=1S/C27H30N2O5S/c1-35-13-12-23(25(30)29-16-10-11-24(29)21(14-16)26(31)32)28-27(33)34-15-22-19-8-4-2-6-17(19)18-7-3-5-9-20(18)22/h2-9,16,21-24H,10-15H2,1H3,(H,28,33)(H,31,32). The van der Waals surface area contributed by atoms with E-state index in [1.54, 1.807) is 16.7 Å². The molecule has 2 fully saturated rings. The van der Waals surface area contributed by atoms with E-state index in [0.717, 1.165) is 28.7 Å². The number of nitrogens with zero attached hydrogens (tertiary/aromatic N) is 1. The summed E-state index contributed by atoms with van der Waals surface area (Å²) in [6, 6.07) is 15.2. The van der Waals surface area contributed by atoms with Crippen molar-refractivity contribution in [2.75, 3.05) is 18.6 Å². The number of carbonyl (C=O) groups is 3. The summed E-state index contributed by atoms with van der Waals surface area (Å²) >= 11 is 1.60. The molecule has 8 heteroatoms. The Morgan fingerprint density at radius 2 is 1.74 bits per heavy atom. The Bertz CT molecular complexity index is 1090. The summed E-state index contributed by atoms with van der Waals surface area (Å²) in [5.41, 5.74) is 4.57. The van der Waals surface area contributed by atoms with Gasteiger partial charge in [0.05, 0.1) is 5.92 Å². The second kappa shape index (κ2) is 9.93. The number of carbonyl (C=O) groups excluding carboxylic acids is 2. The second-order valence-corrected chi connectivity index (χ2v) is 10.5. The molecule has 4 unspecified atom stereocenters. The maximum Gasteiger partial charge on any atom is 0.407 e. The van der Waals surface area contributed by atoms with Gasteiger partial charge in [0.2, 0.25) is 5.91 Å². The lowest BCUT2D eigenvalue weighted by Crippen LogP contribution is -2.51. The molecule has 2 heterocycles. The first-order valence-electron chi connectivity index (χ1n) is 12.1. The van der Waals surface area contributed by atoms with Crippen molar-refractivity contribution >= 4 is 29.7 Å². The van der Waals surface area contributed by atoms with Gasteiger partial charge < -0.3 is 20.1 Å². The number of alkyl carbamates (subject to hydrolysis) is 1. The van der Waals surface area contributed by atoms with E-state index in [1.807, 2.05) is 30.5 Å². The maximum absolute atomic E-state index is 13.5. The van der Waals surface area contributed by atoms with Crippen LogP contribution in [-0.2, 0) is 14.3 Å². The van der Waals surface area contributed by atoms with Crippen LogP contribution in [0.3, 0.4) is 0 Å². The summed E-state index contributed by atoms with van der Waals surface area (Å²) in [7, 11) is 0. The van der Waals surface area contributed by atoms with E-state index in [9.17, 15) is 19.5 Å². The zero-order valence-electron chi connectivity index (χ0n) is 19.7. The third-order valence-electron chi connectivity index (χ3n) is 7.65. The summed E-state index contributed by atoms with van der Waals surface area (Å²) in [5.74, 6) is -0.914. The molecule has 5 rings (SSSR count). The number of aliphatic carboxylic acids is 1. The molecule has 2 saturated heterocycles. The van der Waals surface area contributed by atoms with Gasteiger partial charge in [-0.1, -0.05) is 48.5 Å². The number of hydrogen-bond acceptors (Lipinski definition) is 5. The quantitative estimate of drug-likeness (QED) is 0.573. The van der Waals surface area contributed by atoms with Crippen LogP contribution in [0.25, 0.3) is 11.1 Å². The van der Waals surface area contributed by atoms with Crippen LogP contribution >= 0.6 is 11.8 Å². The second-order valence-electron chi connectivity index (χ2n) is 9.53. The minimum Gasteiger partial charge on any atom is -0.481 e. The molecule has 2 aromatic rings. The summed E-state index contributed by atoms with van der Waals surface area (Å²) in [6.07, 6.45) is 3.82. The Labute approximate surface area is 209 Å². The van der Waals surface area contributed by atoms with Crippen molar-refractivity contribution in [2.24, 2.45) is 5.92 Å². The molecule has 3 aliphatic rings. The largest absolute Gasteiger partial charge is 0.481 e. The molecule has 4 atom stereocenters. The number of carboxylic acid groups (broad SMARTS) is 1. The molecule has 2 N–H and O–H groups in total. The van der Waals surface area contributed by atoms with E-state index in [4.69, 9.17) is 4.74 Å². The molecule has 2 amide bonds. The molecule has 35 heavy (non-hydrogen) atoms. The number of ether oxygens (including phenoxy) is 1. The number of nitrogens with one attached hydrogen (secondary N) is 1. The van der Waals surface area contributed by atoms with Crippen molar-refractivity contribution < 1.29 is 24.2 Å². The van der Waals surface area contributed by atoms with Gasteiger partial charge in [-0.15, -0.1) is 0 Å². The van der Waals surface area contributed by atoms with Crippen molar-refractivity contribution in [2.45, 2.75) is 49.7 Å². The summed E-state index contributed by atoms with van der Waals surface area (Å²) in [6.45, 7) is 0.180. The minimum absolute atomic E-state index is 0.0562. The Morgan fingerprint density at radius 1 is 1.09 bits per heavy atom. The van der Waals surface area contributed by atoms with E-state index in [2.05, 4.69) is 29.6 Å². The first-order chi connectivity index (χ1) is 17.0. The van der Waals surface area contributed by atoms with Crippen LogP contribution in [0.1, 0.15) is 42.7 Å². The van der Waals surface area contributed by atoms with Crippen molar-refractivity contribution in [3.63, 3.8) is 0 Å². The molecule has 2 aliphatic heterocycles. The van der Waals surface area contributed by atoms with Gasteiger partial charge in [0.1, 0.15) is 12.6 Å². The summed E-state index contributed by atoms with van der Waals surface area (Å²) in [4.78, 5) is 39.7. The number of fused-ring (bicyclic) bond motifs is 5. The summed E-state index contributed by atoms with van der Waals surface area (Å²) in [5, 5.41) is 12.3. The van der Waals surface area contributed by atoms with Gasteiger partial charge in [0.25, 0.3) is 0 Å². The lowest BCUT2D eigenvalue weighted by Gasteiger charge is -2.28. The number of benzene rings is 2. The highest BCUT2D eigenvalue weighted by Crippen LogP contribution is 2.45. The van der Waals surface area contributed by atoms with Crippen molar-refractivity contribution in [3.8, 4) is 11.1 Å². The average Bonchev–Trinajstić information content (AvgIpc) is 3.54. The molecular formula is C27H30N2O5S. The predicted molar refractivity (Wildman–Crippen MR) is 134 cm³/mol. The molecule has 2 bridgehead atoms. The topological polar surface area (TPSA) is 95.9 Å². The van der Waals surface area contributed by atoms with E-state index in [0.29, 0.717) is 25.0 Å². The Hall–Kier alpha value is -3.00. The minimum atomic E-state index is -0.847. The highest BCUT2D eigenvalue weighted by molar-refractivity contribution is 7.98. The number of carboxylic acids is 1. The molecule has 184 valence electrons. The van der Waals surface area contributed by atoms with Crippen LogP contribution in [0, 0.1) is 5.92 Å². The van der Waals surface area contributed by atoms with Gasteiger partial charge in [-0.25, -0.2) is 4.79 Å². The third kappa shape index (κ3) is 4.40. The smallest absolute Gasteiger partial charge is 0.407 e. The van der Waals surface area contributed by atoms with Crippen molar-refractivity contribution in [1.29, 1.82) is 0 Å². The van der Waals surface area contributed by atoms with E-state index in [-0.39, 0.29) is 30.5 Å². The molecule has 0 saturated carbocycles. The highest BCUT2D eigenvalue weighted by atomic mass is 32.2. The fraction of sp³-hybridized carbons (Fsp3) is 0.444. The maximum atomic E-state index is 13.5. The SMILES string of the molecule is CSCCC(NC(=O)OCC1c2ccccc2-c2ccccc21)C(=O)N1C2CCC1C(C(=O)O)C2. The fourth-order valence-corrected chi connectivity index (χ4v) is 6.52. The van der Waals surface area contributed by atoms with Gasteiger partial charge in [-0.05, 0) is 59.9 Å². The first kappa shape index (κ1) is 23.7. The van der Waals surface area contributed by atoms with Crippen LogP contribution in [0.4, 0.5) is 4.79 Å². The number of thioether (sulfide) groups is 1. The van der Waals surface area contributed by atoms with Gasteiger partial charge in [0, 0.05) is 18.0 Å². The van der Waals surface area contributed by atoms with Crippen molar-refractivity contribution in [1.82, 2.24) is 10.2 Å². The van der Waals surface area contributed by atoms with Gasteiger partial charge in [0.15, 0.2) is 0 Å². The molecule has 0 radical (unpaired) electrons. The van der Waals surface area contributed by atoms with Crippen LogP contribution < -0.4 is 5.32 Å². The highest BCUT2D eigenvalue weighted by Gasteiger charge is 2.52. The normalized spacial score (nSPS) is 23.0. The Balaban J connectivity index is 1.26. The Kier molecular flexibility index (Phi) is 6.73. The lowest BCUT2D eigenvalue weighted by molar-refractivity contribution is -0.143. The zero-order chi connectivity index (χ0) is 24.5. The summed E-state index contributed by atoms with van der Waals surface area (Å²) < 4.78 is 5.67. The van der Waals surface area contributed by atoms with Gasteiger partial charge in [-0.2, -0.15) is 11.8 Å². The van der Waals surface area contributed by atoms with E-state index >= 15 is 0 Å². The van der Waals surface area contributed by atoms with E-state index < -0.39 is 24.0 Å². The van der Waals surface area contributed by atoms with Crippen LogP contribution in [0.15, 0.2) is 48.5 Å². The number of rotatable bonds is 8. The lowest BCUT2D eigenvalue weighted by atomic mass is 9.89. The Morgan fingerprint density at radius 3 is 2.34 bits per heavy atom. The van der Waals surface area contributed by atoms with Crippen LogP contribution in [0.2, 0.25) is 0 Å². The van der Waals surface area contributed by atoms with Crippen LogP contribution in [-0.4, -0.2) is 64.7 Å². The van der Waals surface area contributed by atoms with Gasteiger partial charge in [-0.3, -0.25) is 9.59 Å². The zero-order valence-corrected chi connectivity index (χ0v) is 20.5. The van der Waals surface area contributed by atoms with Crippen LogP contribution in [0.5, 0.6) is 0 Å². The molecule has 7 nitrogen and oxygen atoms in total. The molecular weight excluding hydrogens is 464 g/mol. The van der Waals surface area contributed by atoms with E-state index in [1.165, 1.54) is 0 Å². The average molecular weight is 495 g/mol. The fourth-order valence-electron chi connectivity index (χ4n) is 6.05. The monoisotopic (exact) mass is 494 g/mol. The molecule has 0 aromatic heterocycles. The molecule has 2 aromatic carbocycles. The first-order valence-corrected chi connectivity index (χ1v) is 13.5. The third-order valence-corrected chi connectivity index (χ3v) is 8.30. The molecule has 1 aliphatic carbocycles. The number of hydrogen-bond donors (Lipinski definition) is 2. The number of amides is 2. The molecule has 0 spiro atoms. The van der Waals surface area contributed by atoms with Gasteiger partial charge >= 0.3 is 12.1 Å².